The Balaban J connectivity index is 2.18. The highest BCUT2D eigenvalue weighted by Gasteiger charge is 2.13. The van der Waals surface area contributed by atoms with Gasteiger partial charge in [0.2, 0.25) is 5.88 Å². The summed E-state index contributed by atoms with van der Waals surface area (Å²) in [6.45, 7) is 6.50. The third-order valence-corrected chi connectivity index (χ3v) is 2.81. The van der Waals surface area contributed by atoms with Crippen LogP contribution < -0.4 is 4.74 Å². The van der Waals surface area contributed by atoms with Gasteiger partial charge in [-0.15, -0.1) is 0 Å². The molecular formula is C16H16N2O. The summed E-state index contributed by atoms with van der Waals surface area (Å²) in [5.74, 6) is 1.15. The van der Waals surface area contributed by atoms with Crippen LogP contribution in [0.1, 0.15) is 31.9 Å². The van der Waals surface area contributed by atoms with Crippen LogP contribution in [0.15, 0.2) is 42.6 Å². The molecule has 19 heavy (non-hydrogen) atoms. The van der Waals surface area contributed by atoms with Crippen LogP contribution in [0.2, 0.25) is 0 Å². The van der Waals surface area contributed by atoms with Crippen LogP contribution >= 0.6 is 0 Å². The Morgan fingerprint density at radius 1 is 1.11 bits per heavy atom. The molecule has 0 saturated heterocycles. The van der Waals surface area contributed by atoms with Crippen molar-refractivity contribution in [2.24, 2.45) is 0 Å². The fourth-order valence-electron chi connectivity index (χ4n) is 1.68. The summed E-state index contributed by atoms with van der Waals surface area (Å²) in [6.07, 6.45) is 1.57. The highest BCUT2D eigenvalue weighted by molar-refractivity contribution is 5.36. The van der Waals surface area contributed by atoms with E-state index in [1.807, 2.05) is 24.3 Å². The average Bonchev–Trinajstić information content (AvgIpc) is 2.38. The number of hydrogen-bond donors (Lipinski definition) is 0. The standard InChI is InChI=1S/C16H16N2O/c1-16(2,3)13-4-6-14(7-5-13)19-15-10-12(11-17)8-9-18-15/h4-10H,1-3H3. The normalized spacial score (nSPS) is 10.8. The second kappa shape index (κ2) is 5.11. The number of nitriles is 1. The minimum absolute atomic E-state index is 0.123. The molecule has 0 saturated carbocycles. The number of rotatable bonds is 2. The smallest absolute Gasteiger partial charge is 0.220 e. The van der Waals surface area contributed by atoms with E-state index in [1.54, 1.807) is 18.3 Å². The van der Waals surface area contributed by atoms with Gasteiger partial charge in [0.05, 0.1) is 11.6 Å². The maximum Gasteiger partial charge on any atom is 0.220 e. The highest BCUT2D eigenvalue weighted by atomic mass is 16.5. The highest BCUT2D eigenvalue weighted by Crippen LogP contribution is 2.26. The number of hydrogen-bond acceptors (Lipinski definition) is 3. The predicted molar refractivity (Wildman–Crippen MR) is 74.2 cm³/mol. The molecule has 1 aromatic heterocycles. The lowest BCUT2D eigenvalue weighted by Crippen LogP contribution is -2.10. The zero-order chi connectivity index (χ0) is 13.9. The zero-order valence-corrected chi connectivity index (χ0v) is 11.3. The van der Waals surface area contributed by atoms with Gasteiger partial charge in [0, 0.05) is 12.3 Å². The van der Waals surface area contributed by atoms with Crippen molar-refractivity contribution in [3.8, 4) is 17.7 Å². The summed E-state index contributed by atoms with van der Waals surface area (Å²) in [5.41, 5.74) is 1.91. The van der Waals surface area contributed by atoms with Crippen molar-refractivity contribution >= 4 is 0 Å². The van der Waals surface area contributed by atoms with Gasteiger partial charge in [-0.1, -0.05) is 32.9 Å². The van der Waals surface area contributed by atoms with E-state index >= 15 is 0 Å². The van der Waals surface area contributed by atoms with E-state index in [0.717, 1.165) is 5.75 Å². The molecule has 0 aliphatic heterocycles. The molecule has 0 fully saturated rings. The summed E-state index contributed by atoms with van der Waals surface area (Å²) in [6, 6.07) is 13.3. The molecule has 2 rings (SSSR count). The third kappa shape index (κ3) is 3.32. The molecule has 0 spiro atoms. The van der Waals surface area contributed by atoms with Gasteiger partial charge in [-0.05, 0) is 29.2 Å². The molecule has 3 heteroatoms. The Hall–Kier alpha value is -2.34. The molecule has 0 aliphatic carbocycles. The lowest BCUT2D eigenvalue weighted by molar-refractivity contribution is 0.462. The molecular weight excluding hydrogens is 236 g/mol. The Kier molecular flexibility index (Phi) is 3.52. The molecule has 0 unspecified atom stereocenters. The molecule has 1 aromatic carbocycles. The van der Waals surface area contributed by atoms with E-state index < -0.39 is 0 Å². The Labute approximate surface area is 113 Å². The minimum atomic E-state index is 0.123. The quantitative estimate of drug-likeness (QED) is 0.810. The van der Waals surface area contributed by atoms with Gasteiger partial charge in [-0.25, -0.2) is 4.98 Å². The lowest BCUT2D eigenvalue weighted by atomic mass is 9.87. The Morgan fingerprint density at radius 3 is 2.37 bits per heavy atom. The van der Waals surface area contributed by atoms with Crippen molar-refractivity contribution in [2.45, 2.75) is 26.2 Å². The van der Waals surface area contributed by atoms with Gasteiger partial charge in [0.15, 0.2) is 0 Å². The second-order valence-corrected chi connectivity index (χ2v) is 5.37. The third-order valence-electron chi connectivity index (χ3n) is 2.81. The molecule has 0 aliphatic rings. The number of benzene rings is 1. The van der Waals surface area contributed by atoms with Crippen LogP contribution in [0.25, 0.3) is 0 Å². The fourth-order valence-corrected chi connectivity index (χ4v) is 1.68. The van der Waals surface area contributed by atoms with Crippen molar-refractivity contribution in [1.82, 2.24) is 4.98 Å². The van der Waals surface area contributed by atoms with Crippen LogP contribution in [0, 0.1) is 11.3 Å². The average molecular weight is 252 g/mol. The van der Waals surface area contributed by atoms with E-state index in [0.29, 0.717) is 11.4 Å². The number of pyridine rings is 1. The van der Waals surface area contributed by atoms with E-state index in [-0.39, 0.29) is 5.41 Å². The fraction of sp³-hybridized carbons (Fsp3) is 0.250. The first-order chi connectivity index (χ1) is 8.99. The van der Waals surface area contributed by atoms with Crippen molar-refractivity contribution in [1.29, 1.82) is 5.26 Å². The van der Waals surface area contributed by atoms with Crippen molar-refractivity contribution < 1.29 is 4.74 Å². The van der Waals surface area contributed by atoms with Crippen LogP contribution in [0.4, 0.5) is 0 Å². The number of aromatic nitrogens is 1. The topological polar surface area (TPSA) is 45.9 Å². The molecule has 1 heterocycles. The first-order valence-electron chi connectivity index (χ1n) is 6.13. The number of ether oxygens (including phenoxy) is 1. The van der Waals surface area contributed by atoms with Crippen LogP contribution in [-0.4, -0.2) is 4.98 Å². The molecule has 2 aromatic rings. The van der Waals surface area contributed by atoms with Crippen LogP contribution in [0.3, 0.4) is 0 Å². The molecule has 0 bridgehead atoms. The SMILES string of the molecule is CC(C)(C)c1ccc(Oc2cc(C#N)ccn2)cc1. The van der Waals surface area contributed by atoms with Gasteiger partial charge in [0.1, 0.15) is 5.75 Å². The van der Waals surface area contributed by atoms with Crippen LogP contribution in [0.5, 0.6) is 11.6 Å². The largest absolute Gasteiger partial charge is 0.439 e. The molecule has 3 nitrogen and oxygen atoms in total. The van der Waals surface area contributed by atoms with Gasteiger partial charge >= 0.3 is 0 Å². The molecule has 0 radical (unpaired) electrons. The summed E-state index contributed by atoms with van der Waals surface area (Å²) in [5, 5.41) is 8.82. The van der Waals surface area contributed by atoms with Crippen molar-refractivity contribution in [3.05, 3.63) is 53.7 Å². The Morgan fingerprint density at radius 2 is 1.79 bits per heavy atom. The van der Waals surface area contributed by atoms with E-state index in [9.17, 15) is 0 Å². The van der Waals surface area contributed by atoms with Crippen molar-refractivity contribution in [3.63, 3.8) is 0 Å². The van der Waals surface area contributed by atoms with Gasteiger partial charge in [0.25, 0.3) is 0 Å². The minimum Gasteiger partial charge on any atom is -0.439 e. The first-order valence-corrected chi connectivity index (χ1v) is 6.13. The first kappa shape index (κ1) is 13.1. The van der Waals surface area contributed by atoms with Crippen LogP contribution in [-0.2, 0) is 5.41 Å². The lowest BCUT2D eigenvalue weighted by Gasteiger charge is -2.19. The van der Waals surface area contributed by atoms with Gasteiger partial charge in [-0.2, -0.15) is 5.26 Å². The number of nitrogens with zero attached hydrogens (tertiary/aromatic N) is 2. The maximum atomic E-state index is 8.82. The van der Waals surface area contributed by atoms with E-state index in [4.69, 9.17) is 10.00 Å². The summed E-state index contributed by atoms with van der Waals surface area (Å²) < 4.78 is 5.63. The molecule has 96 valence electrons. The zero-order valence-electron chi connectivity index (χ0n) is 11.3. The molecule has 0 amide bonds. The predicted octanol–water partition coefficient (Wildman–Crippen LogP) is 4.04. The second-order valence-electron chi connectivity index (χ2n) is 5.37. The summed E-state index contributed by atoms with van der Waals surface area (Å²) in [4.78, 5) is 4.08. The van der Waals surface area contributed by atoms with Gasteiger partial charge in [-0.3, -0.25) is 0 Å². The van der Waals surface area contributed by atoms with E-state index in [2.05, 4.69) is 31.8 Å². The van der Waals surface area contributed by atoms with Gasteiger partial charge < -0.3 is 4.74 Å². The Bertz CT molecular complexity index is 604. The molecule has 0 N–H and O–H groups in total. The maximum absolute atomic E-state index is 8.82. The van der Waals surface area contributed by atoms with E-state index in [1.165, 1.54) is 5.56 Å². The summed E-state index contributed by atoms with van der Waals surface area (Å²) >= 11 is 0. The monoisotopic (exact) mass is 252 g/mol. The summed E-state index contributed by atoms with van der Waals surface area (Å²) in [7, 11) is 0. The molecule has 0 atom stereocenters. The van der Waals surface area contributed by atoms with Crippen molar-refractivity contribution in [2.75, 3.05) is 0 Å².